The van der Waals surface area contributed by atoms with Gasteiger partial charge in [0.1, 0.15) is 11.4 Å². The predicted molar refractivity (Wildman–Crippen MR) is 80.5 cm³/mol. The van der Waals surface area contributed by atoms with E-state index in [4.69, 9.17) is 9.47 Å². The molecule has 1 atom stereocenters. The Kier molecular flexibility index (Phi) is 6.37. The van der Waals surface area contributed by atoms with Crippen LogP contribution in [0, 0.1) is 5.92 Å². The van der Waals surface area contributed by atoms with Gasteiger partial charge in [0.25, 0.3) is 0 Å². The van der Waals surface area contributed by atoms with Gasteiger partial charge >= 0.3 is 6.09 Å². The molecule has 20 heavy (non-hydrogen) atoms. The fraction of sp³-hybridized carbons (Fsp3) is 0.812. The average molecular weight is 283 g/mol. The highest BCUT2D eigenvalue weighted by Gasteiger charge is 2.27. The fourth-order valence-electron chi connectivity index (χ4n) is 2.31. The number of rotatable bonds is 6. The van der Waals surface area contributed by atoms with Crippen molar-refractivity contribution in [1.82, 2.24) is 5.32 Å². The van der Waals surface area contributed by atoms with Gasteiger partial charge in [0, 0.05) is 0 Å². The van der Waals surface area contributed by atoms with Gasteiger partial charge in [0.05, 0.1) is 12.6 Å². The highest BCUT2D eigenvalue weighted by Crippen LogP contribution is 2.32. The van der Waals surface area contributed by atoms with E-state index in [0.717, 1.165) is 12.2 Å². The minimum absolute atomic E-state index is 0.0832. The minimum Gasteiger partial charge on any atom is -0.496 e. The van der Waals surface area contributed by atoms with E-state index in [1.807, 2.05) is 40.7 Å². The van der Waals surface area contributed by atoms with Gasteiger partial charge in [-0.25, -0.2) is 4.79 Å². The molecule has 0 saturated heterocycles. The Labute approximate surface area is 122 Å². The number of carbonyl (C=O) groups excluding carboxylic acids is 1. The van der Waals surface area contributed by atoms with Crippen LogP contribution in [0.3, 0.4) is 0 Å². The van der Waals surface area contributed by atoms with Gasteiger partial charge in [-0.15, -0.1) is 0 Å². The van der Waals surface area contributed by atoms with Crippen molar-refractivity contribution in [2.75, 3.05) is 6.61 Å². The Balaban J connectivity index is 2.63. The monoisotopic (exact) mass is 283 g/mol. The Morgan fingerprint density at radius 1 is 1.40 bits per heavy atom. The maximum Gasteiger partial charge on any atom is 0.408 e. The van der Waals surface area contributed by atoms with Crippen LogP contribution in [0.4, 0.5) is 4.79 Å². The molecule has 1 N–H and O–H groups in total. The van der Waals surface area contributed by atoms with Gasteiger partial charge in [-0.1, -0.05) is 19.3 Å². The molecule has 0 aromatic rings. The molecule has 0 aromatic heterocycles. The third-order valence-corrected chi connectivity index (χ3v) is 3.42. The van der Waals surface area contributed by atoms with Crippen molar-refractivity contribution in [2.24, 2.45) is 5.92 Å². The summed E-state index contributed by atoms with van der Waals surface area (Å²) in [6.45, 7) is 10.1. The van der Waals surface area contributed by atoms with Crippen molar-refractivity contribution in [3.05, 3.63) is 11.8 Å². The number of amides is 1. The normalized spacial score (nSPS) is 18.1. The van der Waals surface area contributed by atoms with Crippen LogP contribution in [-0.4, -0.2) is 24.3 Å². The quantitative estimate of drug-likeness (QED) is 0.749. The van der Waals surface area contributed by atoms with Crippen molar-refractivity contribution >= 4 is 6.09 Å². The van der Waals surface area contributed by atoms with Crippen LogP contribution in [-0.2, 0) is 9.47 Å². The molecular formula is C16H29NO3. The highest BCUT2D eigenvalue weighted by molar-refractivity contribution is 5.68. The number of hydrogen-bond donors (Lipinski definition) is 1. The van der Waals surface area contributed by atoms with Gasteiger partial charge in [-0.2, -0.15) is 0 Å². The first-order chi connectivity index (χ1) is 9.35. The number of carbonyl (C=O) groups is 1. The molecule has 1 amide bonds. The molecule has 0 bridgehead atoms. The van der Waals surface area contributed by atoms with Gasteiger partial charge in [0.2, 0.25) is 0 Å². The first-order valence-corrected chi connectivity index (χ1v) is 7.64. The molecule has 4 nitrogen and oxygen atoms in total. The molecule has 4 heteroatoms. The Morgan fingerprint density at radius 3 is 2.45 bits per heavy atom. The van der Waals surface area contributed by atoms with E-state index in [-0.39, 0.29) is 12.1 Å². The van der Waals surface area contributed by atoms with Crippen molar-refractivity contribution in [3.8, 4) is 0 Å². The summed E-state index contributed by atoms with van der Waals surface area (Å²) < 4.78 is 11.0. The summed E-state index contributed by atoms with van der Waals surface area (Å²) >= 11 is 0. The summed E-state index contributed by atoms with van der Waals surface area (Å²) in [6.07, 6.45) is 6.28. The smallest absolute Gasteiger partial charge is 0.408 e. The summed E-state index contributed by atoms with van der Waals surface area (Å²) in [6, 6.07) is -0.0832. The molecule has 0 aromatic carbocycles. The number of hydrogen-bond acceptors (Lipinski definition) is 3. The summed E-state index contributed by atoms with van der Waals surface area (Å²) in [7, 11) is 0. The molecule has 0 heterocycles. The lowest BCUT2D eigenvalue weighted by molar-refractivity contribution is 0.0477. The fourth-order valence-corrected chi connectivity index (χ4v) is 2.31. The molecule has 0 aliphatic heterocycles. The molecule has 1 fully saturated rings. The number of alkyl carbamates (subject to hydrolysis) is 1. The summed E-state index contributed by atoms with van der Waals surface area (Å²) in [5.41, 5.74) is -0.479. The lowest BCUT2D eigenvalue weighted by atomic mass is 9.80. The van der Waals surface area contributed by atoms with Crippen LogP contribution < -0.4 is 5.32 Å². The Bertz CT molecular complexity index is 340. The first-order valence-electron chi connectivity index (χ1n) is 7.64. The number of allylic oxidation sites excluding steroid dienone is 1. The second-order valence-electron chi connectivity index (χ2n) is 6.36. The molecular weight excluding hydrogens is 254 g/mol. The van der Waals surface area contributed by atoms with Crippen molar-refractivity contribution in [1.29, 1.82) is 0 Å². The second-order valence-corrected chi connectivity index (χ2v) is 6.36. The molecule has 1 saturated carbocycles. The largest absolute Gasteiger partial charge is 0.496 e. The maximum atomic E-state index is 12.0. The van der Waals surface area contributed by atoms with Gasteiger partial charge in [-0.05, 0) is 53.0 Å². The Hall–Kier alpha value is -1.19. The van der Waals surface area contributed by atoms with E-state index >= 15 is 0 Å². The van der Waals surface area contributed by atoms with E-state index < -0.39 is 5.60 Å². The average Bonchev–Trinajstić information content (AvgIpc) is 2.26. The van der Waals surface area contributed by atoms with Crippen LogP contribution in [0.5, 0.6) is 0 Å². The SMILES string of the molecule is C/C=C(\OCC)C(CC1CCC1)NC(=O)OC(C)(C)C. The van der Waals surface area contributed by atoms with Crippen LogP contribution in [0.1, 0.15) is 60.3 Å². The number of nitrogens with one attached hydrogen (secondary N) is 1. The van der Waals surface area contributed by atoms with Gasteiger partial charge < -0.3 is 14.8 Å². The van der Waals surface area contributed by atoms with E-state index in [0.29, 0.717) is 12.5 Å². The first kappa shape index (κ1) is 16.9. The lowest BCUT2D eigenvalue weighted by Crippen LogP contribution is -2.42. The summed E-state index contributed by atoms with van der Waals surface area (Å²) in [5, 5.41) is 2.95. The zero-order chi connectivity index (χ0) is 15.2. The second kappa shape index (κ2) is 7.55. The molecule has 0 spiro atoms. The highest BCUT2D eigenvalue weighted by atomic mass is 16.6. The van der Waals surface area contributed by atoms with Crippen molar-refractivity contribution < 1.29 is 14.3 Å². The maximum absolute atomic E-state index is 12.0. The molecule has 116 valence electrons. The van der Waals surface area contributed by atoms with Crippen molar-refractivity contribution in [3.63, 3.8) is 0 Å². The molecule has 1 aliphatic rings. The third kappa shape index (κ3) is 5.85. The molecule has 1 unspecified atom stereocenters. The minimum atomic E-state index is -0.479. The van der Waals surface area contributed by atoms with Gasteiger partial charge in [-0.3, -0.25) is 0 Å². The zero-order valence-electron chi connectivity index (χ0n) is 13.5. The van der Waals surface area contributed by atoms with Crippen LogP contribution >= 0.6 is 0 Å². The summed E-state index contributed by atoms with van der Waals surface area (Å²) in [5.74, 6) is 1.52. The summed E-state index contributed by atoms with van der Waals surface area (Å²) in [4.78, 5) is 12.0. The zero-order valence-corrected chi connectivity index (χ0v) is 13.5. The topological polar surface area (TPSA) is 47.6 Å². The van der Waals surface area contributed by atoms with E-state index in [2.05, 4.69) is 5.32 Å². The van der Waals surface area contributed by atoms with E-state index in [1.54, 1.807) is 0 Å². The van der Waals surface area contributed by atoms with Gasteiger partial charge in [0.15, 0.2) is 0 Å². The van der Waals surface area contributed by atoms with Crippen LogP contribution in [0.15, 0.2) is 11.8 Å². The Morgan fingerprint density at radius 2 is 2.05 bits per heavy atom. The van der Waals surface area contributed by atoms with E-state index in [9.17, 15) is 4.79 Å². The number of ether oxygens (including phenoxy) is 2. The lowest BCUT2D eigenvalue weighted by Gasteiger charge is -2.31. The molecule has 1 aliphatic carbocycles. The molecule has 0 radical (unpaired) electrons. The van der Waals surface area contributed by atoms with Crippen molar-refractivity contribution in [2.45, 2.75) is 71.9 Å². The third-order valence-electron chi connectivity index (χ3n) is 3.42. The van der Waals surface area contributed by atoms with Crippen LogP contribution in [0.2, 0.25) is 0 Å². The standard InChI is InChI=1S/C16H29NO3/c1-6-14(19-7-2)13(11-12-9-8-10-12)17-15(18)20-16(3,4)5/h6,12-13H,7-11H2,1-5H3,(H,17,18)/b14-6-. The molecule has 1 rings (SSSR count). The van der Waals surface area contributed by atoms with Crippen LogP contribution in [0.25, 0.3) is 0 Å². The predicted octanol–water partition coefficient (Wildman–Crippen LogP) is 4.01. The van der Waals surface area contributed by atoms with E-state index in [1.165, 1.54) is 19.3 Å².